The first-order valence-corrected chi connectivity index (χ1v) is 16.7. The predicted octanol–water partition coefficient (Wildman–Crippen LogP) is 11.3. The zero-order valence-electron chi connectivity index (χ0n) is 27.8. The van der Waals surface area contributed by atoms with Crippen LogP contribution in [-0.4, -0.2) is 24.9 Å². The first kappa shape index (κ1) is 30.7. The van der Waals surface area contributed by atoms with Gasteiger partial charge in [0, 0.05) is 71.8 Å². The van der Waals surface area contributed by atoms with Crippen molar-refractivity contribution in [2.75, 3.05) is 0 Å². The fourth-order valence-electron chi connectivity index (χ4n) is 6.62. The summed E-state index contributed by atoms with van der Waals surface area (Å²) in [6.45, 7) is 4.13. The van der Waals surface area contributed by atoms with E-state index in [0.717, 1.165) is 39.2 Å². The highest BCUT2D eigenvalue weighted by Gasteiger charge is 2.16. The lowest BCUT2D eigenvalue weighted by Crippen LogP contribution is -1.92. The summed E-state index contributed by atoms with van der Waals surface area (Å²) in [6, 6.07) is 38.3. The van der Waals surface area contributed by atoms with Crippen LogP contribution in [0.3, 0.4) is 0 Å². The summed E-state index contributed by atoms with van der Waals surface area (Å²) >= 11 is 0. The van der Waals surface area contributed by atoms with Crippen molar-refractivity contribution in [3.05, 3.63) is 170 Å². The largest absolute Gasteiger partial charge is 0.265 e. The van der Waals surface area contributed by atoms with Crippen LogP contribution in [0.5, 0.6) is 0 Å². The van der Waals surface area contributed by atoms with Gasteiger partial charge in [-0.25, -0.2) is 4.98 Å². The van der Waals surface area contributed by atoms with E-state index in [9.17, 15) is 0 Å². The number of rotatable bonds is 5. The van der Waals surface area contributed by atoms with E-state index in [1.165, 1.54) is 49.0 Å². The van der Waals surface area contributed by atoms with Gasteiger partial charge in [-0.2, -0.15) is 0 Å². The Morgan fingerprint density at radius 1 is 0.480 bits per heavy atom. The zero-order valence-corrected chi connectivity index (χ0v) is 27.8. The van der Waals surface area contributed by atoms with E-state index in [0.29, 0.717) is 0 Å². The van der Waals surface area contributed by atoms with Crippen molar-refractivity contribution in [1.29, 1.82) is 0 Å². The third kappa shape index (κ3) is 5.86. The molecule has 5 heteroatoms. The molecule has 0 N–H and O–H groups in total. The molecule has 0 saturated carbocycles. The van der Waals surface area contributed by atoms with Crippen LogP contribution in [-0.2, 0) is 0 Å². The van der Waals surface area contributed by atoms with Crippen LogP contribution in [0.1, 0.15) is 19.4 Å². The van der Waals surface area contributed by atoms with Gasteiger partial charge in [0.15, 0.2) is 0 Å². The Bertz CT molecular complexity index is 2440. The fourth-order valence-corrected chi connectivity index (χ4v) is 6.62. The van der Waals surface area contributed by atoms with E-state index in [4.69, 9.17) is 4.98 Å². The van der Waals surface area contributed by atoms with Crippen LogP contribution in [0, 0.1) is 0 Å². The van der Waals surface area contributed by atoms with Crippen LogP contribution >= 0.6 is 0 Å². The molecule has 50 heavy (non-hydrogen) atoms. The number of hydrogen-bond donors (Lipinski definition) is 0. The van der Waals surface area contributed by atoms with Gasteiger partial charge in [0.1, 0.15) is 0 Å². The van der Waals surface area contributed by atoms with Gasteiger partial charge in [-0.1, -0.05) is 60.7 Å². The lowest BCUT2D eigenvalue weighted by Gasteiger charge is -2.16. The molecule has 5 aromatic heterocycles. The lowest BCUT2D eigenvalue weighted by atomic mass is 9.88. The molecule has 0 saturated heterocycles. The van der Waals surface area contributed by atoms with Gasteiger partial charge < -0.3 is 0 Å². The molecule has 4 aromatic carbocycles. The molecule has 9 rings (SSSR count). The first-order valence-electron chi connectivity index (χ1n) is 16.7. The second kappa shape index (κ2) is 13.5. The van der Waals surface area contributed by atoms with Crippen molar-refractivity contribution < 1.29 is 0 Å². The third-order valence-corrected chi connectivity index (χ3v) is 9.30. The molecule has 0 fully saturated rings. The number of allylic oxidation sites excluding steroid dienone is 2. The Morgan fingerprint density at radius 2 is 1.02 bits per heavy atom. The normalized spacial score (nSPS) is 11.5. The molecule has 0 radical (unpaired) electrons. The van der Waals surface area contributed by atoms with Crippen LogP contribution in [0.4, 0.5) is 0 Å². The van der Waals surface area contributed by atoms with Crippen molar-refractivity contribution in [3.8, 4) is 44.8 Å². The highest BCUT2D eigenvalue weighted by molar-refractivity contribution is 6.27. The summed E-state index contributed by atoms with van der Waals surface area (Å²) in [7, 11) is 0. The Kier molecular flexibility index (Phi) is 8.29. The van der Waals surface area contributed by atoms with Gasteiger partial charge in [0.05, 0.1) is 11.4 Å². The number of nitrogens with zero attached hydrogens (tertiary/aromatic N) is 5. The Hall–Kier alpha value is -6.59. The van der Waals surface area contributed by atoms with Crippen molar-refractivity contribution in [2.24, 2.45) is 0 Å². The first-order chi connectivity index (χ1) is 24.7. The minimum Gasteiger partial charge on any atom is -0.265 e. The van der Waals surface area contributed by atoms with E-state index in [1.807, 2.05) is 80.5 Å². The van der Waals surface area contributed by atoms with Crippen LogP contribution in [0.25, 0.3) is 82.7 Å². The fraction of sp³-hybridized carbons (Fsp3) is 0.0444. The standard InChI is InChI=1S/C36H22N4.C9H11N/c1-2-33(24-14-18-38-19-15-24)40-34(3-1)30-9-5-26-6-10-31-29(8-4-25-7-11-32(30)36(26)35(25)31)28-20-27(21-39-22-28)23-12-16-37-17-13-23;1-3-8(2)9-4-6-10-7-5-9/h1-22H;3-7H,1-2H3/b;8-3+. The molecule has 0 spiro atoms. The molecule has 238 valence electrons. The lowest BCUT2D eigenvalue weighted by molar-refractivity contribution is 1.29. The molecule has 0 aliphatic rings. The van der Waals surface area contributed by atoms with Gasteiger partial charge >= 0.3 is 0 Å². The molecule has 9 aromatic rings. The van der Waals surface area contributed by atoms with E-state index in [2.05, 4.69) is 106 Å². The minimum atomic E-state index is 0.939. The predicted molar refractivity (Wildman–Crippen MR) is 207 cm³/mol. The van der Waals surface area contributed by atoms with Crippen molar-refractivity contribution >= 4 is 37.9 Å². The molecule has 5 nitrogen and oxygen atoms in total. The van der Waals surface area contributed by atoms with Crippen LogP contribution < -0.4 is 0 Å². The number of hydrogen-bond acceptors (Lipinski definition) is 5. The average molecular weight is 644 g/mol. The van der Waals surface area contributed by atoms with Crippen LogP contribution in [0.2, 0.25) is 0 Å². The summed E-state index contributed by atoms with van der Waals surface area (Å²) in [4.78, 5) is 21.9. The average Bonchev–Trinajstić information content (AvgIpc) is 3.21. The van der Waals surface area contributed by atoms with Gasteiger partial charge in [-0.15, -0.1) is 0 Å². The van der Waals surface area contributed by atoms with Crippen molar-refractivity contribution in [3.63, 3.8) is 0 Å². The van der Waals surface area contributed by atoms with Crippen molar-refractivity contribution in [2.45, 2.75) is 13.8 Å². The molecule has 0 bridgehead atoms. The van der Waals surface area contributed by atoms with Gasteiger partial charge in [-0.3, -0.25) is 19.9 Å². The molecular weight excluding hydrogens is 611 g/mol. The monoisotopic (exact) mass is 643 g/mol. The Balaban J connectivity index is 0.000000313. The number of aromatic nitrogens is 5. The topological polar surface area (TPSA) is 64.5 Å². The third-order valence-electron chi connectivity index (χ3n) is 9.30. The van der Waals surface area contributed by atoms with E-state index < -0.39 is 0 Å². The van der Waals surface area contributed by atoms with Gasteiger partial charge in [0.2, 0.25) is 0 Å². The Labute approximate surface area is 291 Å². The molecule has 0 atom stereocenters. The molecule has 0 aliphatic heterocycles. The summed E-state index contributed by atoms with van der Waals surface area (Å²) in [5, 5.41) is 7.42. The van der Waals surface area contributed by atoms with E-state index >= 15 is 0 Å². The van der Waals surface area contributed by atoms with Gasteiger partial charge in [-0.05, 0) is 123 Å². The second-order valence-electron chi connectivity index (χ2n) is 12.2. The zero-order chi connectivity index (χ0) is 33.9. The van der Waals surface area contributed by atoms with E-state index in [-0.39, 0.29) is 0 Å². The highest BCUT2D eigenvalue weighted by atomic mass is 14.7. The Morgan fingerprint density at radius 3 is 1.68 bits per heavy atom. The van der Waals surface area contributed by atoms with E-state index in [1.54, 1.807) is 12.4 Å². The molecule has 0 aliphatic carbocycles. The number of pyridine rings is 5. The summed E-state index contributed by atoms with van der Waals surface area (Å²) < 4.78 is 0. The summed E-state index contributed by atoms with van der Waals surface area (Å²) in [5.41, 5.74) is 11.1. The summed E-state index contributed by atoms with van der Waals surface area (Å²) in [6.07, 6.45) is 16.8. The quantitative estimate of drug-likeness (QED) is 0.175. The molecule has 0 amide bonds. The SMILES string of the molecule is C/C=C(\C)c1ccncc1.c1cc(-c2ccncc2)nc(-c2ccc3ccc4c(-c5cncc(-c6ccncc6)c5)ccc5ccc2c3c54)c1. The highest BCUT2D eigenvalue weighted by Crippen LogP contribution is 2.42. The minimum absolute atomic E-state index is 0.939. The van der Waals surface area contributed by atoms with Crippen molar-refractivity contribution in [1.82, 2.24) is 24.9 Å². The molecular formula is C45H33N5. The van der Waals surface area contributed by atoms with Crippen LogP contribution in [0.15, 0.2) is 165 Å². The summed E-state index contributed by atoms with van der Waals surface area (Å²) in [5.74, 6) is 0. The maximum Gasteiger partial charge on any atom is 0.0715 e. The second-order valence-corrected chi connectivity index (χ2v) is 12.2. The smallest absolute Gasteiger partial charge is 0.0715 e. The molecule has 0 unspecified atom stereocenters. The van der Waals surface area contributed by atoms with Gasteiger partial charge in [0.25, 0.3) is 0 Å². The number of benzene rings is 4. The maximum atomic E-state index is 5.06. The maximum absolute atomic E-state index is 5.06. The molecule has 5 heterocycles.